The Balaban J connectivity index is 1.70. The molecule has 0 spiro atoms. The van der Waals surface area contributed by atoms with Gasteiger partial charge in [0.2, 0.25) is 0 Å². The molecule has 0 fully saturated rings. The maximum atomic E-state index is 13.0. The van der Waals surface area contributed by atoms with E-state index in [1.165, 1.54) is 0 Å². The topological polar surface area (TPSA) is 87.4 Å². The lowest BCUT2D eigenvalue weighted by Gasteiger charge is -2.17. The standard InChI is InChI=1S/C23H20ClN3O3/c1-27-21(23(30)26-20(13-28)15-3-2-4-16(24)9-15)10-18-19(11-25-12-22(18)27)14-5-7-17(29)8-6-14/h2-12,20,28-29H,13H2,1H3,(H,26,30)/t20-/m1/s1. The number of aliphatic hydroxyl groups is 1. The number of pyridine rings is 1. The molecule has 6 nitrogen and oxygen atoms in total. The largest absolute Gasteiger partial charge is 0.508 e. The highest BCUT2D eigenvalue weighted by molar-refractivity contribution is 6.30. The van der Waals surface area contributed by atoms with Gasteiger partial charge in [0.15, 0.2) is 0 Å². The number of fused-ring (bicyclic) bond motifs is 1. The molecule has 3 N–H and O–H groups in total. The molecule has 0 saturated carbocycles. The molecule has 0 bridgehead atoms. The molecule has 30 heavy (non-hydrogen) atoms. The van der Waals surface area contributed by atoms with Gasteiger partial charge in [-0.1, -0.05) is 35.9 Å². The van der Waals surface area contributed by atoms with E-state index in [1.807, 2.05) is 0 Å². The number of nitrogens with one attached hydrogen (secondary N) is 1. The number of halogens is 1. The zero-order valence-corrected chi connectivity index (χ0v) is 17.0. The third-order valence-corrected chi connectivity index (χ3v) is 5.36. The van der Waals surface area contributed by atoms with E-state index in [0.29, 0.717) is 10.7 Å². The van der Waals surface area contributed by atoms with Gasteiger partial charge in [0.25, 0.3) is 5.91 Å². The molecule has 1 amide bonds. The number of nitrogens with zero attached hydrogens (tertiary/aromatic N) is 2. The Bertz CT molecular complexity index is 1220. The van der Waals surface area contributed by atoms with Crippen molar-refractivity contribution >= 4 is 28.4 Å². The summed E-state index contributed by atoms with van der Waals surface area (Å²) in [6, 6.07) is 15.1. The molecule has 0 unspecified atom stereocenters. The summed E-state index contributed by atoms with van der Waals surface area (Å²) in [4.78, 5) is 17.3. The number of hydrogen-bond donors (Lipinski definition) is 3. The molecule has 0 aliphatic rings. The average Bonchev–Trinajstić information content (AvgIpc) is 3.09. The zero-order valence-electron chi connectivity index (χ0n) is 16.2. The minimum atomic E-state index is -0.580. The molecule has 0 aliphatic heterocycles. The van der Waals surface area contributed by atoms with Crippen LogP contribution in [0.5, 0.6) is 5.75 Å². The number of carbonyl (C=O) groups is 1. The summed E-state index contributed by atoms with van der Waals surface area (Å²) in [5.41, 5.74) is 3.71. The summed E-state index contributed by atoms with van der Waals surface area (Å²) in [5, 5.41) is 23.6. The van der Waals surface area contributed by atoms with Gasteiger partial charge in [-0.05, 0) is 41.5 Å². The maximum Gasteiger partial charge on any atom is 0.268 e. The predicted octanol–water partition coefficient (Wildman–Crippen LogP) is 4.06. The SMILES string of the molecule is Cn1c(C(=O)N[C@H](CO)c2cccc(Cl)c2)cc2c(-c3ccc(O)cc3)cncc21. The summed E-state index contributed by atoms with van der Waals surface area (Å²) in [6.45, 7) is -0.254. The van der Waals surface area contributed by atoms with Gasteiger partial charge in [-0.3, -0.25) is 9.78 Å². The van der Waals surface area contributed by atoms with Crippen molar-refractivity contribution in [1.29, 1.82) is 0 Å². The zero-order chi connectivity index (χ0) is 21.3. The van der Waals surface area contributed by atoms with Crippen molar-refractivity contribution in [2.45, 2.75) is 6.04 Å². The van der Waals surface area contributed by atoms with Gasteiger partial charge in [-0.15, -0.1) is 0 Å². The average molecular weight is 422 g/mol. The Kier molecular flexibility index (Phi) is 5.44. The third-order valence-electron chi connectivity index (χ3n) is 5.12. The first kappa shape index (κ1) is 19.9. The van der Waals surface area contributed by atoms with Crippen molar-refractivity contribution in [2.24, 2.45) is 7.05 Å². The fraction of sp³-hybridized carbons (Fsp3) is 0.130. The Morgan fingerprint density at radius 1 is 1.17 bits per heavy atom. The molecular formula is C23H20ClN3O3. The molecule has 0 radical (unpaired) electrons. The Morgan fingerprint density at radius 3 is 2.63 bits per heavy atom. The second-order valence-corrected chi connectivity index (χ2v) is 7.46. The molecule has 0 aliphatic carbocycles. The number of aliphatic hydroxyl groups excluding tert-OH is 1. The fourth-order valence-electron chi connectivity index (χ4n) is 3.52. The predicted molar refractivity (Wildman–Crippen MR) is 117 cm³/mol. The van der Waals surface area contributed by atoms with Crippen LogP contribution in [0.2, 0.25) is 5.02 Å². The van der Waals surface area contributed by atoms with Gasteiger partial charge in [-0.25, -0.2) is 0 Å². The molecule has 2 heterocycles. The van der Waals surface area contributed by atoms with E-state index >= 15 is 0 Å². The van der Waals surface area contributed by atoms with Crippen molar-refractivity contribution in [3.05, 3.63) is 83.3 Å². The molecule has 4 rings (SSSR count). The van der Waals surface area contributed by atoms with E-state index in [2.05, 4.69) is 10.3 Å². The Morgan fingerprint density at radius 2 is 1.93 bits per heavy atom. The van der Waals surface area contributed by atoms with Crippen LogP contribution in [0, 0.1) is 0 Å². The van der Waals surface area contributed by atoms with E-state index in [-0.39, 0.29) is 18.3 Å². The Labute approximate surface area is 178 Å². The van der Waals surface area contributed by atoms with Crippen molar-refractivity contribution in [3.8, 4) is 16.9 Å². The number of aromatic nitrogens is 2. The van der Waals surface area contributed by atoms with Gasteiger partial charge in [-0.2, -0.15) is 0 Å². The highest BCUT2D eigenvalue weighted by Gasteiger charge is 2.20. The molecule has 4 aromatic rings. The Hall–Kier alpha value is -3.35. The van der Waals surface area contributed by atoms with E-state index in [1.54, 1.807) is 78.6 Å². The lowest BCUT2D eigenvalue weighted by Crippen LogP contribution is -2.31. The molecular weight excluding hydrogens is 402 g/mol. The van der Waals surface area contributed by atoms with Crippen LogP contribution in [0.15, 0.2) is 67.0 Å². The summed E-state index contributed by atoms with van der Waals surface area (Å²) in [6.07, 6.45) is 3.44. The number of phenols is 1. The van der Waals surface area contributed by atoms with Crippen LogP contribution in [-0.4, -0.2) is 32.3 Å². The lowest BCUT2D eigenvalue weighted by molar-refractivity contribution is 0.0908. The normalized spacial score (nSPS) is 12.1. The van der Waals surface area contributed by atoms with Crippen LogP contribution in [0.4, 0.5) is 0 Å². The number of benzene rings is 2. The van der Waals surface area contributed by atoms with E-state index in [9.17, 15) is 15.0 Å². The summed E-state index contributed by atoms with van der Waals surface area (Å²) < 4.78 is 1.77. The van der Waals surface area contributed by atoms with Crippen LogP contribution >= 0.6 is 11.6 Å². The number of carbonyl (C=O) groups excluding carboxylic acids is 1. The van der Waals surface area contributed by atoms with Crippen LogP contribution in [-0.2, 0) is 7.05 Å². The number of phenolic OH excluding ortho intramolecular Hbond substituents is 1. The number of aryl methyl sites for hydroxylation is 1. The third kappa shape index (κ3) is 3.75. The van der Waals surface area contributed by atoms with E-state index in [0.717, 1.165) is 27.6 Å². The van der Waals surface area contributed by atoms with Crippen molar-refractivity contribution < 1.29 is 15.0 Å². The summed E-state index contributed by atoms with van der Waals surface area (Å²) in [7, 11) is 1.80. The molecule has 7 heteroatoms. The van der Waals surface area contributed by atoms with E-state index in [4.69, 9.17) is 11.6 Å². The first-order chi connectivity index (χ1) is 14.5. The van der Waals surface area contributed by atoms with Crippen LogP contribution < -0.4 is 5.32 Å². The number of rotatable bonds is 5. The van der Waals surface area contributed by atoms with Crippen molar-refractivity contribution in [2.75, 3.05) is 6.61 Å². The first-order valence-corrected chi connectivity index (χ1v) is 9.75. The summed E-state index contributed by atoms with van der Waals surface area (Å²) in [5.74, 6) is -0.132. The van der Waals surface area contributed by atoms with Gasteiger partial charge >= 0.3 is 0 Å². The monoisotopic (exact) mass is 421 g/mol. The van der Waals surface area contributed by atoms with Crippen LogP contribution in [0.3, 0.4) is 0 Å². The maximum absolute atomic E-state index is 13.0. The second-order valence-electron chi connectivity index (χ2n) is 7.02. The first-order valence-electron chi connectivity index (χ1n) is 9.38. The van der Waals surface area contributed by atoms with Crippen molar-refractivity contribution in [1.82, 2.24) is 14.9 Å². The molecule has 0 saturated heterocycles. The van der Waals surface area contributed by atoms with Crippen molar-refractivity contribution in [3.63, 3.8) is 0 Å². The number of aromatic hydroxyl groups is 1. The minimum Gasteiger partial charge on any atom is -0.508 e. The summed E-state index contributed by atoms with van der Waals surface area (Å²) >= 11 is 6.04. The second kappa shape index (κ2) is 8.18. The van der Waals surface area contributed by atoms with Gasteiger partial charge in [0.05, 0.1) is 24.4 Å². The van der Waals surface area contributed by atoms with Gasteiger partial charge in [0.1, 0.15) is 11.4 Å². The molecule has 1 atom stereocenters. The lowest BCUT2D eigenvalue weighted by atomic mass is 10.0. The number of hydrogen-bond acceptors (Lipinski definition) is 4. The fourth-order valence-corrected chi connectivity index (χ4v) is 3.72. The van der Waals surface area contributed by atoms with Crippen LogP contribution in [0.25, 0.3) is 22.0 Å². The minimum absolute atomic E-state index is 0.183. The number of amides is 1. The van der Waals surface area contributed by atoms with E-state index < -0.39 is 6.04 Å². The van der Waals surface area contributed by atoms with Gasteiger partial charge in [0, 0.05) is 29.2 Å². The quantitative estimate of drug-likeness (QED) is 0.453. The molecule has 2 aromatic carbocycles. The highest BCUT2D eigenvalue weighted by Crippen LogP contribution is 2.31. The van der Waals surface area contributed by atoms with Crippen LogP contribution in [0.1, 0.15) is 22.1 Å². The molecule has 2 aromatic heterocycles. The smallest absolute Gasteiger partial charge is 0.268 e. The van der Waals surface area contributed by atoms with Gasteiger partial charge < -0.3 is 20.1 Å². The molecule has 152 valence electrons. The highest BCUT2D eigenvalue weighted by atomic mass is 35.5.